The molecular formula is C22H15F3N2O3S. The summed E-state index contributed by atoms with van der Waals surface area (Å²) in [7, 11) is 0. The number of hydrogen-bond donors (Lipinski definition) is 2. The molecule has 1 fully saturated rings. The van der Waals surface area contributed by atoms with Gasteiger partial charge in [-0.3, -0.25) is 15.0 Å². The van der Waals surface area contributed by atoms with Gasteiger partial charge in [0.15, 0.2) is 0 Å². The van der Waals surface area contributed by atoms with Crippen molar-refractivity contribution < 1.29 is 27.9 Å². The third-order valence-electron chi connectivity index (χ3n) is 4.68. The van der Waals surface area contributed by atoms with Gasteiger partial charge in [-0.2, -0.15) is 0 Å². The molecule has 0 aliphatic carbocycles. The Hall–Kier alpha value is -3.46. The lowest BCUT2D eigenvalue weighted by atomic mass is 10.0. The molecule has 2 amide bonds. The van der Waals surface area contributed by atoms with Crippen molar-refractivity contribution in [3.05, 3.63) is 89.2 Å². The number of phenolic OH excluding ortho intramolecular Hbond substituents is 1. The number of rotatable bonds is 4. The minimum absolute atomic E-state index is 0.108. The molecule has 0 aromatic heterocycles. The van der Waals surface area contributed by atoms with Crippen molar-refractivity contribution in [3.8, 4) is 16.9 Å². The number of nitrogens with zero attached hydrogens (tertiary/aromatic N) is 1. The Balaban J connectivity index is 1.61. The summed E-state index contributed by atoms with van der Waals surface area (Å²) in [6.07, 6.45) is 0. The number of hydrazine groups is 1. The second kappa shape index (κ2) is 8.35. The van der Waals surface area contributed by atoms with Crippen LogP contribution in [0.4, 0.5) is 13.2 Å². The quantitative estimate of drug-likeness (QED) is 0.626. The fourth-order valence-corrected chi connectivity index (χ4v) is 4.31. The third kappa shape index (κ3) is 4.36. The maximum atomic E-state index is 13.6. The fourth-order valence-electron chi connectivity index (χ4n) is 3.21. The molecule has 1 atom stereocenters. The minimum Gasteiger partial charge on any atom is -0.507 e. The van der Waals surface area contributed by atoms with Crippen LogP contribution in [0.5, 0.6) is 5.75 Å². The number of benzene rings is 3. The van der Waals surface area contributed by atoms with Crippen LogP contribution in [0.15, 0.2) is 60.7 Å². The molecule has 0 bridgehead atoms. The van der Waals surface area contributed by atoms with Gasteiger partial charge in [-0.15, -0.1) is 11.8 Å². The van der Waals surface area contributed by atoms with Crippen molar-refractivity contribution in [3.63, 3.8) is 0 Å². The Morgan fingerprint density at radius 2 is 1.61 bits per heavy atom. The monoisotopic (exact) mass is 444 g/mol. The highest BCUT2D eigenvalue weighted by Gasteiger charge is 2.35. The van der Waals surface area contributed by atoms with Crippen LogP contribution >= 0.6 is 11.8 Å². The fraction of sp³-hybridized carbons (Fsp3) is 0.0909. The second-order valence-corrected chi connectivity index (χ2v) is 7.88. The lowest BCUT2D eigenvalue weighted by Gasteiger charge is -2.24. The Morgan fingerprint density at radius 1 is 0.935 bits per heavy atom. The third-order valence-corrected chi connectivity index (χ3v) is 5.89. The molecule has 158 valence electrons. The molecule has 0 saturated carbocycles. The Labute approximate surface area is 179 Å². The molecule has 1 aliphatic heterocycles. The van der Waals surface area contributed by atoms with Gasteiger partial charge in [0.2, 0.25) is 0 Å². The van der Waals surface area contributed by atoms with Crippen LogP contribution in [-0.2, 0) is 4.79 Å². The van der Waals surface area contributed by atoms with Crippen LogP contribution in [-0.4, -0.2) is 27.7 Å². The van der Waals surface area contributed by atoms with Gasteiger partial charge in [-0.25, -0.2) is 18.2 Å². The number of carbonyl (C=O) groups excluding carboxylic acids is 2. The first-order valence-electron chi connectivity index (χ1n) is 9.11. The van der Waals surface area contributed by atoms with Crippen molar-refractivity contribution in [2.75, 3.05) is 5.75 Å². The van der Waals surface area contributed by atoms with Crippen molar-refractivity contribution in [2.24, 2.45) is 0 Å². The highest BCUT2D eigenvalue weighted by atomic mass is 32.2. The van der Waals surface area contributed by atoms with E-state index >= 15 is 0 Å². The van der Waals surface area contributed by atoms with Gasteiger partial charge in [-0.1, -0.05) is 18.2 Å². The molecular weight excluding hydrogens is 429 g/mol. The summed E-state index contributed by atoms with van der Waals surface area (Å²) < 4.78 is 40.3. The summed E-state index contributed by atoms with van der Waals surface area (Å²) in [6, 6.07) is 12.4. The molecule has 1 saturated heterocycles. The standard InChI is InChI=1S/C22H15F3N2O3S/c23-15-4-1-12(2-5-15)22-27(20(29)11-31-22)26-21(30)18-9-13(3-6-19(18)28)14-7-16(24)10-17(25)8-14/h1-10,22,28H,11H2,(H,26,30). The Morgan fingerprint density at radius 3 is 2.29 bits per heavy atom. The highest BCUT2D eigenvalue weighted by molar-refractivity contribution is 8.00. The predicted molar refractivity (Wildman–Crippen MR) is 109 cm³/mol. The maximum Gasteiger partial charge on any atom is 0.273 e. The summed E-state index contributed by atoms with van der Waals surface area (Å²) in [6.45, 7) is 0. The summed E-state index contributed by atoms with van der Waals surface area (Å²) in [5.74, 6) is -3.39. The summed E-state index contributed by atoms with van der Waals surface area (Å²) in [4.78, 5) is 25.1. The van der Waals surface area contributed by atoms with Crippen molar-refractivity contribution in [1.82, 2.24) is 10.4 Å². The van der Waals surface area contributed by atoms with E-state index in [0.717, 1.165) is 23.2 Å². The van der Waals surface area contributed by atoms with Crippen molar-refractivity contribution in [1.29, 1.82) is 0 Å². The lowest BCUT2D eigenvalue weighted by Crippen LogP contribution is -2.44. The van der Waals surface area contributed by atoms with Gasteiger partial charge < -0.3 is 5.11 Å². The van der Waals surface area contributed by atoms with Crippen LogP contribution in [0.1, 0.15) is 21.3 Å². The van der Waals surface area contributed by atoms with Crippen molar-refractivity contribution >= 4 is 23.6 Å². The van der Waals surface area contributed by atoms with Crippen LogP contribution < -0.4 is 5.43 Å². The van der Waals surface area contributed by atoms with E-state index in [1.807, 2.05) is 0 Å². The van der Waals surface area contributed by atoms with E-state index in [9.17, 15) is 27.9 Å². The number of amides is 2. The lowest BCUT2D eigenvalue weighted by molar-refractivity contribution is -0.130. The largest absolute Gasteiger partial charge is 0.507 e. The molecule has 3 aromatic rings. The zero-order valence-corrected chi connectivity index (χ0v) is 16.6. The predicted octanol–water partition coefficient (Wildman–Crippen LogP) is 4.40. The van der Waals surface area contributed by atoms with E-state index in [1.54, 1.807) is 0 Å². The number of hydrogen-bond acceptors (Lipinski definition) is 4. The second-order valence-electron chi connectivity index (χ2n) is 6.81. The molecule has 31 heavy (non-hydrogen) atoms. The molecule has 4 rings (SSSR count). The zero-order chi connectivity index (χ0) is 22.1. The van der Waals surface area contributed by atoms with E-state index < -0.39 is 28.7 Å². The molecule has 1 unspecified atom stereocenters. The summed E-state index contributed by atoms with van der Waals surface area (Å²) in [5, 5.41) is 10.7. The average molecular weight is 444 g/mol. The van der Waals surface area contributed by atoms with Crippen molar-refractivity contribution in [2.45, 2.75) is 5.37 Å². The molecule has 2 N–H and O–H groups in total. The van der Waals surface area contributed by atoms with Gasteiger partial charge in [-0.05, 0) is 53.1 Å². The first-order chi connectivity index (χ1) is 14.8. The van der Waals surface area contributed by atoms with Crippen LogP contribution in [0.3, 0.4) is 0 Å². The molecule has 9 heteroatoms. The van der Waals surface area contributed by atoms with Gasteiger partial charge in [0.1, 0.15) is 28.6 Å². The van der Waals surface area contributed by atoms with Gasteiger partial charge in [0.25, 0.3) is 11.8 Å². The van der Waals surface area contributed by atoms with E-state index in [0.29, 0.717) is 11.1 Å². The molecule has 0 radical (unpaired) electrons. The number of nitrogens with one attached hydrogen (secondary N) is 1. The summed E-state index contributed by atoms with van der Waals surface area (Å²) in [5.41, 5.74) is 3.40. The Bertz CT molecular complexity index is 1150. The van der Waals surface area contributed by atoms with Crippen LogP contribution in [0, 0.1) is 17.5 Å². The van der Waals surface area contributed by atoms with E-state index in [-0.39, 0.29) is 28.5 Å². The van der Waals surface area contributed by atoms with Crippen LogP contribution in [0.25, 0.3) is 11.1 Å². The van der Waals surface area contributed by atoms with E-state index in [1.165, 1.54) is 54.2 Å². The maximum absolute atomic E-state index is 13.6. The number of aromatic hydroxyl groups is 1. The van der Waals surface area contributed by atoms with E-state index in [4.69, 9.17) is 0 Å². The first-order valence-corrected chi connectivity index (χ1v) is 10.2. The smallest absolute Gasteiger partial charge is 0.273 e. The van der Waals surface area contributed by atoms with Gasteiger partial charge in [0, 0.05) is 6.07 Å². The van der Waals surface area contributed by atoms with Crippen LogP contribution in [0.2, 0.25) is 0 Å². The average Bonchev–Trinajstić information content (AvgIpc) is 3.08. The molecule has 1 aliphatic rings. The highest BCUT2D eigenvalue weighted by Crippen LogP contribution is 2.37. The summed E-state index contributed by atoms with van der Waals surface area (Å²) >= 11 is 1.26. The number of phenols is 1. The number of carbonyl (C=O) groups is 2. The number of halogens is 3. The SMILES string of the molecule is O=C(NN1C(=O)CSC1c1ccc(F)cc1)c1cc(-c2cc(F)cc(F)c2)ccc1O. The van der Waals surface area contributed by atoms with Gasteiger partial charge in [0.05, 0.1) is 11.3 Å². The van der Waals surface area contributed by atoms with E-state index in [2.05, 4.69) is 5.43 Å². The zero-order valence-electron chi connectivity index (χ0n) is 15.8. The minimum atomic E-state index is -0.782. The molecule has 0 spiro atoms. The number of thioether (sulfide) groups is 1. The topological polar surface area (TPSA) is 69.6 Å². The molecule has 3 aromatic carbocycles. The first kappa shape index (κ1) is 20.8. The van der Waals surface area contributed by atoms with Gasteiger partial charge >= 0.3 is 0 Å². The molecule has 1 heterocycles. The molecule has 5 nitrogen and oxygen atoms in total. The Kier molecular flexibility index (Phi) is 5.60. The normalized spacial score (nSPS) is 15.9.